The van der Waals surface area contributed by atoms with Crippen molar-refractivity contribution in [3.63, 3.8) is 0 Å². The zero-order valence-electron chi connectivity index (χ0n) is 13.4. The number of rotatable bonds is 5. The molecular weight excluding hydrogens is 300 g/mol. The molecule has 0 spiro atoms. The molecule has 5 heteroatoms. The first-order valence-corrected chi connectivity index (χ1v) is 7.91. The lowest BCUT2D eigenvalue weighted by Gasteiger charge is -2.04. The van der Waals surface area contributed by atoms with E-state index in [0.717, 1.165) is 46.6 Å². The molecule has 4 rings (SSSR count). The van der Waals surface area contributed by atoms with Gasteiger partial charge in [-0.3, -0.25) is 9.67 Å². The van der Waals surface area contributed by atoms with Gasteiger partial charge in [-0.05, 0) is 23.8 Å². The molecule has 0 amide bonds. The van der Waals surface area contributed by atoms with Crippen molar-refractivity contribution >= 4 is 11.0 Å². The molecule has 0 radical (unpaired) electrons. The summed E-state index contributed by atoms with van der Waals surface area (Å²) in [5.41, 5.74) is 4.03. The van der Waals surface area contributed by atoms with Crippen LogP contribution in [0.4, 0.5) is 0 Å². The van der Waals surface area contributed by atoms with Crippen LogP contribution >= 0.6 is 0 Å². The molecule has 0 saturated carbocycles. The number of furan rings is 1. The molecule has 4 aromatic rings. The van der Waals surface area contributed by atoms with E-state index in [4.69, 9.17) is 4.42 Å². The normalized spacial score (nSPS) is 11.2. The minimum Gasteiger partial charge on any atom is -0.454 e. The molecule has 3 heterocycles. The summed E-state index contributed by atoms with van der Waals surface area (Å²) >= 11 is 0. The smallest absolute Gasteiger partial charge is 0.156 e. The Balaban J connectivity index is 1.56. The van der Waals surface area contributed by atoms with E-state index >= 15 is 0 Å². The zero-order chi connectivity index (χ0) is 16.4. The third-order valence-corrected chi connectivity index (χ3v) is 3.93. The summed E-state index contributed by atoms with van der Waals surface area (Å²) in [6.07, 6.45) is 5.68. The SMILES string of the molecule is Cn1cc(CNCc2cccnc2)c(-c2cc3ccccc3o2)n1. The largest absolute Gasteiger partial charge is 0.454 e. The second-order valence-electron chi connectivity index (χ2n) is 5.79. The van der Waals surface area contributed by atoms with Gasteiger partial charge < -0.3 is 9.73 Å². The highest BCUT2D eigenvalue weighted by Crippen LogP contribution is 2.28. The third kappa shape index (κ3) is 2.94. The van der Waals surface area contributed by atoms with Crippen LogP contribution in [0, 0.1) is 0 Å². The van der Waals surface area contributed by atoms with E-state index < -0.39 is 0 Å². The first kappa shape index (κ1) is 14.7. The fourth-order valence-corrected chi connectivity index (χ4v) is 2.82. The van der Waals surface area contributed by atoms with Gasteiger partial charge in [0.2, 0.25) is 0 Å². The number of aromatic nitrogens is 3. The van der Waals surface area contributed by atoms with Gasteiger partial charge in [0.15, 0.2) is 5.76 Å². The van der Waals surface area contributed by atoms with Crippen LogP contribution in [0.2, 0.25) is 0 Å². The number of fused-ring (bicyclic) bond motifs is 1. The van der Waals surface area contributed by atoms with Crippen molar-refractivity contribution in [2.45, 2.75) is 13.1 Å². The van der Waals surface area contributed by atoms with E-state index in [0.29, 0.717) is 0 Å². The second-order valence-corrected chi connectivity index (χ2v) is 5.79. The molecule has 0 saturated heterocycles. The summed E-state index contributed by atoms with van der Waals surface area (Å²) < 4.78 is 7.78. The van der Waals surface area contributed by atoms with Gasteiger partial charge in [0, 0.05) is 49.7 Å². The van der Waals surface area contributed by atoms with Gasteiger partial charge in [-0.15, -0.1) is 0 Å². The standard InChI is InChI=1S/C19H18N4O/c1-23-13-16(12-21-11-14-5-4-8-20-10-14)19(22-23)18-9-15-6-2-3-7-17(15)24-18/h2-10,13,21H,11-12H2,1H3. The molecule has 0 bridgehead atoms. The number of pyridine rings is 1. The summed E-state index contributed by atoms with van der Waals surface area (Å²) in [4.78, 5) is 4.13. The van der Waals surface area contributed by atoms with E-state index in [9.17, 15) is 0 Å². The van der Waals surface area contributed by atoms with E-state index in [1.165, 1.54) is 0 Å². The number of nitrogens with one attached hydrogen (secondary N) is 1. The highest BCUT2D eigenvalue weighted by molar-refractivity contribution is 5.82. The summed E-state index contributed by atoms with van der Waals surface area (Å²) in [5, 5.41) is 9.10. The van der Waals surface area contributed by atoms with Crippen molar-refractivity contribution < 1.29 is 4.42 Å². The van der Waals surface area contributed by atoms with Crippen LogP contribution in [0.5, 0.6) is 0 Å². The molecule has 0 aliphatic rings. The summed E-state index contributed by atoms with van der Waals surface area (Å²) in [6, 6.07) is 14.1. The highest BCUT2D eigenvalue weighted by Gasteiger charge is 2.14. The number of nitrogens with zero attached hydrogens (tertiary/aromatic N) is 3. The topological polar surface area (TPSA) is 55.9 Å². The molecule has 5 nitrogen and oxygen atoms in total. The number of hydrogen-bond donors (Lipinski definition) is 1. The molecule has 0 aliphatic carbocycles. The molecule has 0 atom stereocenters. The Morgan fingerprint density at radius 1 is 1.12 bits per heavy atom. The van der Waals surface area contributed by atoms with Gasteiger partial charge >= 0.3 is 0 Å². The van der Waals surface area contributed by atoms with Crippen molar-refractivity contribution in [2.75, 3.05) is 0 Å². The van der Waals surface area contributed by atoms with E-state index in [1.807, 2.05) is 60.5 Å². The van der Waals surface area contributed by atoms with Crippen molar-refractivity contribution in [2.24, 2.45) is 7.05 Å². The lowest BCUT2D eigenvalue weighted by Crippen LogP contribution is -2.12. The summed E-state index contributed by atoms with van der Waals surface area (Å²) in [7, 11) is 1.93. The summed E-state index contributed by atoms with van der Waals surface area (Å²) in [6.45, 7) is 1.48. The maximum atomic E-state index is 5.96. The average Bonchev–Trinajstić information content (AvgIpc) is 3.19. The van der Waals surface area contributed by atoms with Gasteiger partial charge in [-0.25, -0.2) is 0 Å². The fraction of sp³-hybridized carbons (Fsp3) is 0.158. The minimum absolute atomic E-state index is 0.717. The average molecular weight is 318 g/mol. The predicted molar refractivity (Wildman–Crippen MR) is 93.2 cm³/mol. The molecule has 120 valence electrons. The van der Waals surface area contributed by atoms with Crippen molar-refractivity contribution in [3.05, 3.63) is 72.2 Å². The molecule has 24 heavy (non-hydrogen) atoms. The first-order valence-electron chi connectivity index (χ1n) is 7.91. The van der Waals surface area contributed by atoms with Gasteiger partial charge in [0.25, 0.3) is 0 Å². The molecule has 0 aliphatic heterocycles. The van der Waals surface area contributed by atoms with Crippen LogP contribution in [-0.2, 0) is 20.1 Å². The Morgan fingerprint density at radius 2 is 2.04 bits per heavy atom. The molecule has 0 unspecified atom stereocenters. The number of benzene rings is 1. The van der Waals surface area contributed by atoms with Gasteiger partial charge in [0.1, 0.15) is 11.3 Å². The Hall–Kier alpha value is -2.92. The van der Waals surface area contributed by atoms with E-state index in [-0.39, 0.29) is 0 Å². The molecule has 1 aromatic carbocycles. The Morgan fingerprint density at radius 3 is 2.88 bits per heavy atom. The molecule has 1 N–H and O–H groups in total. The van der Waals surface area contributed by atoms with E-state index in [2.05, 4.69) is 21.5 Å². The second kappa shape index (κ2) is 6.29. The highest BCUT2D eigenvalue weighted by atomic mass is 16.3. The van der Waals surface area contributed by atoms with Crippen molar-refractivity contribution in [3.8, 4) is 11.5 Å². The number of aryl methyl sites for hydroxylation is 1. The van der Waals surface area contributed by atoms with Crippen LogP contribution in [0.3, 0.4) is 0 Å². The molecule has 0 fully saturated rings. The molecule has 3 aromatic heterocycles. The fourth-order valence-electron chi connectivity index (χ4n) is 2.82. The van der Waals surface area contributed by atoms with Crippen LogP contribution in [0.15, 0.2) is 65.5 Å². The number of para-hydroxylation sites is 1. The quantitative estimate of drug-likeness (QED) is 0.612. The third-order valence-electron chi connectivity index (χ3n) is 3.93. The van der Waals surface area contributed by atoms with Crippen LogP contribution in [-0.4, -0.2) is 14.8 Å². The maximum absolute atomic E-state index is 5.96. The lowest BCUT2D eigenvalue weighted by atomic mass is 10.2. The lowest BCUT2D eigenvalue weighted by molar-refractivity contribution is 0.622. The zero-order valence-corrected chi connectivity index (χ0v) is 13.4. The van der Waals surface area contributed by atoms with Crippen LogP contribution in [0.25, 0.3) is 22.4 Å². The maximum Gasteiger partial charge on any atom is 0.156 e. The molecular formula is C19H18N4O. The Labute approximate surface area is 139 Å². The van der Waals surface area contributed by atoms with E-state index in [1.54, 1.807) is 6.20 Å². The van der Waals surface area contributed by atoms with Crippen LogP contribution in [0.1, 0.15) is 11.1 Å². The van der Waals surface area contributed by atoms with Crippen LogP contribution < -0.4 is 5.32 Å². The van der Waals surface area contributed by atoms with Crippen molar-refractivity contribution in [1.29, 1.82) is 0 Å². The Bertz CT molecular complexity index is 923. The first-order chi connectivity index (χ1) is 11.8. The predicted octanol–water partition coefficient (Wildman–Crippen LogP) is 3.52. The summed E-state index contributed by atoms with van der Waals surface area (Å²) in [5.74, 6) is 0.801. The van der Waals surface area contributed by atoms with Gasteiger partial charge in [-0.2, -0.15) is 5.10 Å². The van der Waals surface area contributed by atoms with Gasteiger partial charge in [-0.1, -0.05) is 24.3 Å². The monoisotopic (exact) mass is 318 g/mol. The minimum atomic E-state index is 0.717. The van der Waals surface area contributed by atoms with Crippen molar-refractivity contribution in [1.82, 2.24) is 20.1 Å². The number of hydrogen-bond acceptors (Lipinski definition) is 4. The van der Waals surface area contributed by atoms with Gasteiger partial charge in [0.05, 0.1) is 0 Å². The Kier molecular flexibility index (Phi) is 3.84.